The Morgan fingerprint density at radius 1 is 1.42 bits per heavy atom. The van der Waals surface area contributed by atoms with Crippen LogP contribution in [0.2, 0.25) is 5.02 Å². The number of amides is 3. The number of carbonyl (C=O) groups excluding carboxylic acids is 3. The summed E-state index contributed by atoms with van der Waals surface area (Å²) in [7, 11) is 0. The standard InChI is InChI=1S/C29H32ClFN4O3/c1-3-5-6-19(4-2)13-20-14-26(29(38)34-24(17-32)15-22-11-12-33-28(22)37)35(18-20)27(36)10-8-21-7-9-23(30)16-25(21)31/h3-10,16,20,22,24,26H,2,11-15,18H2,1H3,(H,33,37)(H,34,38)/b5-3-,10-8+,19-6+. The fraction of sp³-hybridized carbons (Fsp3) is 0.379. The Balaban J connectivity index is 1.78. The van der Waals surface area contributed by atoms with Crippen molar-refractivity contribution in [3.8, 4) is 6.07 Å². The first kappa shape index (κ1) is 28.9. The summed E-state index contributed by atoms with van der Waals surface area (Å²) in [5.74, 6) is -1.93. The molecule has 1 aromatic rings. The van der Waals surface area contributed by atoms with Gasteiger partial charge in [0.25, 0.3) is 0 Å². The molecular formula is C29H32ClFN4O3. The van der Waals surface area contributed by atoms with Gasteiger partial charge in [-0.3, -0.25) is 14.4 Å². The highest BCUT2D eigenvalue weighted by Gasteiger charge is 2.40. The Kier molecular flexibility index (Phi) is 10.4. The lowest BCUT2D eigenvalue weighted by Crippen LogP contribution is -2.48. The van der Waals surface area contributed by atoms with E-state index in [-0.39, 0.29) is 34.7 Å². The van der Waals surface area contributed by atoms with Crippen LogP contribution < -0.4 is 10.6 Å². The lowest BCUT2D eigenvalue weighted by atomic mass is 9.95. The lowest BCUT2D eigenvalue weighted by Gasteiger charge is -2.24. The van der Waals surface area contributed by atoms with E-state index >= 15 is 0 Å². The maximum absolute atomic E-state index is 14.2. The minimum absolute atomic E-state index is 0.0222. The molecule has 200 valence electrons. The van der Waals surface area contributed by atoms with Crippen molar-refractivity contribution >= 4 is 35.4 Å². The van der Waals surface area contributed by atoms with Crippen LogP contribution in [0.15, 0.2) is 60.7 Å². The van der Waals surface area contributed by atoms with Gasteiger partial charge in [-0.15, -0.1) is 0 Å². The van der Waals surface area contributed by atoms with Gasteiger partial charge in [0.05, 0.1) is 6.07 Å². The number of likely N-dealkylation sites (tertiary alicyclic amines) is 1. The number of hydrogen-bond donors (Lipinski definition) is 2. The highest BCUT2D eigenvalue weighted by molar-refractivity contribution is 6.30. The highest BCUT2D eigenvalue weighted by atomic mass is 35.5. The molecule has 0 spiro atoms. The molecule has 4 atom stereocenters. The van der Waals surface area contributed by atoms with E-state index in [0.717, 1.165) is 11.6 Å². The lowest BCUT2D eigenvalue weighted by molar-refractivity contribution is -0.135. The van der Waals surface area contributed by atoms with Crippen LogP contribution in [0.5, 0.6) is 0 Å². The van der Waals surface area contributed by atoms with Gasteiger partial charge < -0.3 is 15.5 Å². The molecular weight excluding hydrogens is 507 g/mol. The van der Waals surface area contributed by atoms with Gasteiger partial charge in [0.2, 0.25) is 17.7 Å². The van der Waals surface area contributed by atoms with Crippen LogP contribution in [0.25, 0.3) is 6.08 Å². The number of hydrogen-bond acceptors (Lipinski definition) is 4. The summed E-state index contributed by atoms with van der Waals surface area (Å²) in [6.45, 7) is 6.63. The summed E-state index contributed by atoms with van der Waals surface area (Å²) < 4.78 is 14.2. The Morgan fingerprint density at radius 2 is 2.21 bits per heavy atom. The molecule has 4 unspecified atom stereocenters. The van der Waals surface area contributed by atoms with Crippen LogP contribution >= 0.6 is 11.6 Å². The number of nitriles is 1. The van der Waals surface area contributed by atoms with Crippen molar-refractivity contribution in [3.05, 3.63) is 77.1 Å². The summed E-state index contributed by atoms with van der Waals surface area (Å²) in [4.78, 5) is 39.9. The molecule has 0 bridgehead atoms. The zero-order valence-electron chi connectivity index (χ0n) is 21.3. The van der Waals surface area contributed by atoms with E-state index in [1.807, 2.05) is 25.2 Å². The van der Waals surface area contributed by atoms with Crippen molar-refractivity contribution < 1.29 is 18.8 Å². The van der Waals surface area contributed by atoms with Crippen LogP contribution in [-0.4, -0.2) is 47.8 Å². The van der Waals surface area contributed by atoms with Crippen LogP contribution in [-0.2, 0) is 14.4 Å². The first-order valence-electron chi connectivity index (χ1n) is 12.6. The number of halogens is 2. The van der Waals surface area contributed by atoms with Gasteiger partial charge in [-0.05, 0) is 62.3 Å². The molecule has 0 radical (unpaired) electrons. The van der Waals surface area contributed by atoms with Crippen LogP contribution in [0.1, 0.15) is 38.2 Å². The molecule has 2 heterocycles. The fourth-order valence-electron chi connectivity index (χ4n) is 4.80. The molecule has 2 aliphatic rings. The summed E-state index contributed by atoms with van der Waals surface area (Å²) in [6, 6.07) is 4.56. The molecule has 9 heteroatoms. The predicted molar refractivity (Wildman–Crippen MR) is 145 cm³/mol. The molecule has 0 saturated carbocycles. The molecule has 0 aromatic heterocycles. The SMILES string of the molecule is C=C/C(=C\C=C/C)CC1CC(C(=O)NC(C#N)CC2CCNC2=O)N(C(=O)/C=C/c2ccc(Cl)cc2F)C1. The van der Waals surface area contributed by atoms with Crippen LogP contribution in [0, 0.1) is 29.0 Å². The van der Waals surface area contributed by atoms with Crippen molar-refractivity contribution in [2.75, 3.05) is 13.1 Å². The topological polar surface area (TPSA) is 102 Å². The third kappa shape index (κ3) is 7.65. The Labute approximate surface area is 227 Å². The summed E-state index contributed by atoms with van der Waals surface area (Å²) in [5, 5.41) is 15.3. The third-order valence-corrected chi connectivity index (χ3v) is 7.02. The van der Waals surface area contributed by atoms with E-state index in [2.05, 4.69) is 23.3 Å². The monoisotopic (exact) mass is 538 g/mol. The summed E-state index contributed by atoms with van der Waals surface area (Å²) in [6.07, 6.45) is 11.9. The van der Waals surface area contributed by atoms with Gasteiger partial charge in [-0.25, -0.2) is 4.39 Å². The van der Waals surface area contributed by atoms with E-state index in [1.165, 1.54) is 29.2 Å². The van der Waals surface area contributed by atoms with Crippen LogP contribution in [0.4, 0.5) is 4.39 Å². The number of allylic oxidation sites excluding steroid dienone is 5. The second-order valence-electron chi connectivity index (χ2n) is 9.49. The molecule has 1 aromatic carbocycles. The molecule has 2 N–H and O–H groups in total. The summed E-state index contributed by atoms with van der Waals surface area (Å²) in [5.41, 5.74) is 1.17. The zero-order chi connectivity index (χ0) is 27.7. The molecule has 38 heavy (non-hydrogen) atoms. The highest BCUT2D eigenvalue weighted by Crippen LogP contribution is 2.30. The number of nitrogens with zero attached hydrogens (tertiary/aromatic N) is 2. The predicted octanol–water partition coefficient (Wildman–Crippen LogP) is 4.32. The molecule has 3 amide bonds. The molecule has 2 fully saturated rings. The fourth-order valence-corrected chi connectivity index (χ4v) is 4.95. The Bertz CT molecular complexity index is 1200. The Morgan fingerprint density at radius 3 is 2.84 bits per heavy atom. The number of nitrogens with one attached hydrogen (secondary N) is 2. The second kappa shape index (κ2) is 13.7. The average Bonchev–Trinajstić information content (AvgIpc) is 3.51. The largest absolute Gasteiger partial charge is 0.356 e. The minimum Gasteiger partial charge on any atom is -0.356 e. The normalized spacial score (nSPS) is 22.5. The summed E-state index contributed by atoms with van der Waals surface area (Å²) >= 11 is 5.81. The minimum atomic E-state index is -0.857. The molecule has 3 rings (SSSR count). The van der Waals surface area contributed by atoms with Crippen LogP contribution in [0.3, 0.4) is 0 Å². The van der Waals surface area contributed by atoms with E-state index < -0.39 is 29.7 Å². The third-order valence-electron chi connectivity index (χ3n) is 6.79. The van der Waals surface area contributed by atoms with Gasteiger partial charge in [-0.2, -0.15) is 5.26 Å². The molecule has 7 nitrogen and oxygen atoms in total. The van der Waals surface area contributed by atoms with E-state index in [4.69, 9.17) is 11.6 Å². The first-order valence-corrected chi connectivity index (χ1v) is 13.0. The van der Waals surface area contributed by atoms with Gasteiger partial charge in [0, 0.05) is 35.7 Å². The van der Waals surface area contributed by atoms with Crippen molar-refractivity contribution in [2.45, 2.75) is 44.7 Å². The van der Waals surface area contributed by atoms with Gasteiger partial charge in [0.15, 0.2) is 0 Å². The van der Waals surface area contributed by atoms with Gasteiger partial charge in [0.1, 0.15) is 17.9 Å². The van der Waals surface area contributed by atoms with Crippen molar-refractivity contribution in [2.24, 2.45) is 11.8 Å². The zero-order valence-corrected chi connectivity index (χ0v) is 22.1. The number of carbonyl (C=O) groups is 3. The number of rotatable bonds is 10. The smallest absolute Gasteiger partial charge is 0.247 e. The quantitative estimate of drug-likeness (QED) is 0.342. The maximum Gasteiger partial charge on any atom is 0.247 e. The van der Waals surface area contributed by atoms with Gasteiger partial charge >= 0.3 is 0 Å². The first-order chi connectivity index (χ1) is 18.2. The van der Waals surface area contributed by atoms with Crippen molar-refractivity contribution in [1.29, 1.82) is 5.26 Å². The molecule has 0 aliphatic carbocycles. The van der Waals surface area contributed by atoms with E-state index in [1.54, 1.807) is 6.08 Å². The van der Waals surface area contributed by atoms with Crippen molar-refractivity contribution in [3.63, 3.8) is 0 Å². The van der Waals surface area contributed by atoms with Gasteiger partial charge in [-0.1, -0.05) is 48.6 Å². The van der Waals surface area contributed by atoms with E-state index in [0.29, 0.717) is 32.4 Å². The maximum atomic E-state index is 14.2. The molecule has 2 aliphatic heterocycles. The van der Waals surface area contributed by atoms with Crippen molar-refractivity contribution in [1.82, 2.24) is 15.5 Å². The average molecular weight is 539 g/mol. The molecule has 2 saturated heterocycles. The van der Waals surface area contributed by atoms with E-state index in [9.17, 15) is 24.0 Å². The number of benzene rings is 1. The Hall–Kier alpha value is -3.70. The second-order valence-corrected chi connectivity index (χ2v) is 9.92.